The minimum atomic E-state index is -0.148. The first kappa shape index (κ1) is 14.5. The highest BCUT2D eigenvalue weighted by atomic mass is 16.3. The normalized spacial score (nSPS) is 24.9. The van der Waals surface area contributed by atoms with Gasteiger partial charge in [-0.25, -0.2) is 0 Å². The molecule has 3 heteroatoms. The topological polar surface area (TPSA) is 49.3 Å². The number of rotatable bonds is 6. The minimum Gasteiger partial charge on any atom is -0.393 e. The largest absolute Gasteiger partial charge is 0.393 e. The van der Waals surface area contributed by atoms with Gasteiger partial charge in [0.1, 0.15) is 0 Å². The van der Waals surface area contributed by atoms with Crippen molar-refractivity contribution < 1.29 is 9.90 Å². The van der Waals surface area contributed by atoms with Crippen LogP contribution in [0.1, 0.15) is 65.2 Å². The van der Waals surface area contributed by atoms with Crippen LogP contribution in [-0.2, 0) is 4.79 Å². The number of carbonyl (C=O) groups excluding carboxylic acids is 1. The average molecular weight is 241 g/mol. The standard InChI is InChI=1S/C14H27NO2/c1-3-5-11(6-4-2)14(17)15-12-7-9-13(16)10-8-12/h11-13,16H,3-10H2,1-2H3,(H,15,17). The molecule has 0 atom stereocenters. The van der Waals surface area contributed by atoms with Gasteiger partial charge in [-0.15, -0.1) is 0 Å². The van der Waals surface area contributed by atoms with Crippen LogP contribution in [0.2, 0.25) is 0 Å². The van der Waals surface area contributed by atoms with E-state index in [9.17, 15) is 9.90 Å². The second-order valence-corrected chi connectivity index (χ2v) is 5.29. The highest BCUT2D eigenvalue weighted by Gasteiger charge is 2.23. The van der Waals surface area contributed by atoms with Crippen molar-refractivity contribution in [1.29, 1.82) is 0 Å². The molecule has 1 fully saturated rings. The van der Waals surface area contributed by atoms with E-state index in [1.165, 1.54) is 0 Å². The molecule has 3 nitrogen and oxygen atoms in total. The van der Waals surface area contributed by atoms with E-state index >= 15 is 0 Å². The average Bonchev–Trinajstić information content (AvgIpc) is 2.32. The fourth-order valence-electron chi connectivity index (χ4n) is 2.64. The van der Waals surface area contributed by atoms with E-state index in [4.69, 9.17) is 0 Å². The Hall–Kier alpha value is -0.570. The molecular formula is C14H27NO2. The van der Waals surface area contributed by atoms with Gasteiger partial charge in [-0.2, -0.15) is 0 Å². The van der Waals surface area contributed by atoms with Gasteiger partial charge in [0, 0.05) is 12.0 Å². The molecule has 1 amide bonds. The van der Waals surface area contributed by atoms with E-state index < -0.39 is 0 Å². The van der Waals surface area contributed by atoms with Crippen molar-refractivity contribution in [3.8, 4) is 0 Å². The van der Waals surface area contributed by atoms with Crippen LogP contribution >= 0.6 is 0 Å². The molecule has 0 radical (unpaired) electrons. The summed E-state index contributed by atoms with van der Waals surface area (Å²) < 4.78 is 0. The molecule has 100 valence electrons. The fraction of sp³-hybridized carbons (Fsp3) is 0.929. The summed E-state index contributed by atoms with van der Waals surface area (Å²) in [5, 5.41) is 12.6. The predicted octanol–water partition coefficient (Wildman–Crippen LogP) is 2.62. The monoisotopic (exact) mass is 241 g/mol. The number of aliphatic hydroxyl groups excluding tert-OH is 1. The Balaban J connectivity index is 2.35. The van der Waals surface area contributed by atoms with Crippen LogP contribution < -0.4 is 5.32 Å². The number of aliphatic hydroxyl groups is 1. The van der Waals surface area contributed by atoms with Crippen LogP contribution in [0.15, 0.2) is 0 Å². The summed E-state index contributed by atoms with van der Waals surface area (Å²) in [6.07, 6.45) is 7.50. The Morgan fingerprint density at radius 2 is 1.71 bits per heavy atom. The second-order valence-electron chi connectivity index (χ2n) is 5.29. The minimum absolute atomic E-state index is 0.148. The smallest absolute Gasteiger partial charge is 0.223 e. The van der Waals surface area contributed by atoms with Gasteiger partial charge in [-0.3, -0.25) is 4.79 Å². The number of carbonyl (C=O) groups is 1. The molecular weight excluding hydrogens is 214 g/mol. The third kappa shape index (κ3) is 5.07. The quantitative estimate of drug-likeness (QED) is 0.751. The van der Waals surface area contributed by atoms with Crippen LogP contribution in [0.4, 0.5) is 0 Å². The summed E-state index contributed by atoms with van der Waals surface area (Å²) in [5.74, 6) is 0.423. The molecule has 0 aromatic heterocycles. The second kappa shape index (κ2) is 7.70. The van der Waals surface area contributed by atoms with Gasteiger partial charge < -0.3 is 10.4 Å². The van der Waals surface area contributed by atoms with Gasteiger partial charge in [0.25, 0.3) is 0 Å². The van der Waals surface area contributed by atoms with E-state index in [2.05, 4.69) is 19.2 Å². The van der Waals surface area contributed by atoms with Crippen molar-refractivity contribution in [2.24, 2.45) is 5.92 Å². The van der Waals surface area contributed by atoms with Gasteiger partial charge in [0.15, 0.2) is 0 Å². The lowest BCUT2D eigenvalue weighted by atomic mass is 9.91. The maximum absolute atomic E-state index is 12.1. The van der Waals surface area contributed by atoms with E-state index in [1.54, 1.807) is 0 Å². The predicted molar refractivity (Wildman–Crippen MR) is 69.7 cm³/mol. The molecule has 1 saturated carbocycles. The van der Waals surface area contributed by atoms with Crippen molar-refractivity contribution in [2.75, 3.05) is 0 Å². The van der Waals surface area contributed by atoms with Crippen LogP contribution in [0.3, 0.4) is 0 Å². The van der Waals surface area contributed by atoms with Crippen molar-refractivity contribution in [3.63, 3.8) is 0 Å². The highest BCUT2D eigenvalue weighted by Crippen LogP contribution is 2.20. The Morgan fingerprint density at radius 1 is 1.18 bits per heavy atom. The Kier molecular flexibility index (Phi) is 6.56. The Bertz CT molecular complexity index is 216. The summed E-state index contributed by atoms with van der Waals surface area (Å²) in [4.78, 5) is 12.1. The SMILES string of the molecule is CCCC(CCC)C(=O)NC1CCC(O)CC1. The first-order valence-corrected chi connectivity index (χ1v) is 7.15. The summed E-state index contributed by atoms with van der Waals surface area (Å²) >= 11 is 0. The number of nitrogens with one attached hydrogen (secondary N) is 1. The van der Waals surface area contributed by atoms with Gasteiger partial charge >= 0.3 is 0 Å². The third-order valence-corrected chi connectivity index (χ3v) is 3.69. The lowest BCUT2D eigenvalue weighted by molar-refractivity contribution is -0.126. The Labute approximate surface area is 105 Å². The molecule has 0 saturated heterocycles. The van der Waals surface area contributed by atoms with Crippen molar-refractivity contribution in [1.82, 2.24) is 5.32 Å². The van der Waals surface area contributed by atoms with Crippen molar-refractivity contribution >= 4 is 5.91 Å². The molecule has 2 N–H and O–H groups in total. The first-order valence-electron chi connectivity index (χ1n) is 7.15. The van der Waals surface area contributed by atoms with E-state index in [0.29, 0.717) is 6.04 Å². The summed E-state index contributed by atoms with van der Waals surface area (Å²) in [6.45, 7) is 4.26. The summed E-state index contributed by atoms with van der Waals surface area (Å²) in [7, 11) is 0. The third-order valence-electron chi connectivity index (χ3n) is 3.69. The number of hydrogen-bond donors (Lipinski definition) is 2. The molecule has 0 bridgehead atoms. The lowest BCUT2D eigenvalue weighted by Gasteiger charge is -2.28. The molecule has 17 heavy (non-hydrogen) atoms. The molecule has 0 unspecified atom stereocenters. The maximum Gasteiger partial charge on any atom is 0.223 e. The molecule has 0 spiro atoms. The van der Waals surface area contributed by atoms with Crippen molar-refractivity contribution in [2.45, 2.75) is 77.4 Å². The van der Waals surface area contributed by atoms with E-state index in [0.717, 1.165) is 51.4 Å². The Morgan fingerprint density at radius 3 is 2.18 bits per heavy atom. The van der Waals surface area contributed by atoms with E-state index in [1.807, 2.05) is 0 Å². The molecule has 1 rings (SSSR count). The van der Waals surface area contributed by atoms with Gasteiger partial charge in [0.05, 0.1) is 6.10 Å². The highest BCUT2D eigenvalue weighted by molar-refractivity contribution is 5.78. The fourth-order valence-corrected chi connectivity index (χ4v) is 2.64. The maximum atomic E-state index is 12.1. The van der Waals surface area contributed by atoms with Crippen LogP contribution in [0.25, 0.3) is 0 Å². The molecule has 1 aliphatic rings. The van der Waals surface area contributed by atoms with Crippen LogP contribution in [0, 0.1) is 5.92 Å². The molecule has 0 aromatic carbocycles. The molecule has 0 heterocycles. The van der Waals surface area contributed by atoms with Crippen LogP contribution in [0.5, 0.6) is 0 Å². The molecule has 0 aliphatic heterocycles. The molecule has 1 aliphatic carbocycles. The van der Waals surface area contributed by atoms with Gasteiger partial charge in [-0.05, 0) is 38.5 Å². The zero-order chi connectivity index (χ0) is 12.7. The zero-order valence-corrected chi connectivity index (χ0v) is 11.2. The number of hydrogen-bond acceptors (Lipinski definition) is 2. The van der Waals surface area contributed by atoms with Gasteiger partial charge in [0.2, 0.25) is 5.91 Å². The van der Waals surface area contributed by atoms with E-state index in [-0.39, 0.29) is 17.9 Å². The first-order chi connectivity index (χ1) is 8.17. The molecule has 0 aromatic rings. The van der Waals surface area contributed by atoms with Crippen LogP contribution in [-0.4, -0.2) is 23.2 Å². The number of amides is 1. The zero-order valence-electron chi connectivity index (χ0n) is 11.2. The summed E-state index contributed by atoms with van der Waals surface area (Å²) in [5.41, 5.74) is 0. The van der Waals surface area contributed by atoms with Gasteiger partial charge in [-0.1, -0.05) is 26.7 Å². The van der Waals surface area contributed by atoms with Crippen molar-refractivity contribution in [3.05, 3.63) is 0 Å². The summed E-state index contributed by atoms with van der Waals surface area (Å²) in [6, 6.07) is 0.294. The lowest BCUT2D eigenvalue weighted by Crippen LogP contribution is -2.41.